The van der Waals surface area contributed by atoms with Gasteiger partial charge in [-0.1, -0.05) is 52.5 Å². The summed E-state index contributed by atoms with van der Waals surface area (Å²) in [6, 6.07) is 0. The van der Waals surface area contributed by atoms with E-state index in [1.165, 1.54) is 21.3 Å². The van der Waals surface area contributed by atoms with Crippen LogP contribution in [0.5, 0.6) is 0 Å². The number of ether oxygens (including phenoxy) is 5. The first-order valence-electron chi connectivity index (χ1n) is 10.4. The Balaban J connectivity index is 1.89. The lowest BCUT2D eigenvalue weighted by molar-refractivity contribution is -0.308. The second-order valence-electron chi connectivity index (χ2n) is 7.67. The summed E-state index contributed by atoms with van der Waals surface area (Å²) in [6.07, 6.45) is -0.263. The minimum atomic E-state index is -0.831. The van der Waals surface area contributed by atoms with Gasteiger partial charge in [-0.25, -0.2) is 0 Å². The minimum Gasteiger partial charge on any atom is -0.376 e. The van der Waals surface area contributed by atoms with Gasteiger partial charge in [0.15, 0.2) is 6.29 Å². The van der Waals surface area contributed by atoms with E-state index in [1.807, 2.05) is 0 Å². The molecule has 0 aromatic heterocycles. The van der Waals surface area contributed by atoms with E-state index < -0.39 is 42.5 Å². The molecule has 0 radical (unpaired) electrons. The van der Waals surface area contributed by atoms with Crippen molar-refractivity contribution in [2.75, 3.05) is 34.5 Å². The van der Waals surface area contributed by atoms with Crippen LogP contribution in [-0.4, -0.2) is 81.9 Å². The smallest absolute Gasteiger partial charge is 0.263 e. The highest BCUT2D eigenvalue weighted by atomic mass is 35.5. The van der Waals surface area contributed by atoms with E-state index in [0.29, 0.717) is 6.61 Å². The predicted octanol–water partition coefficient (Wildman–Crippen LogP) is 4.65. The van der Waals surface area contributed by atoms with Gasteiger partial charge in [0.05, 0.1) is 44.4 Å². The van der Waals surface area contributed by atoms with Gasteiger partial charge in [0.25, 0.3) is 11.8 Å². The normalized spacial score (nSPS) is 26.8. The fourth-order valence-electron chi connectivity index (χ4n) is 4.13. The zero-order valence-corrected chi connectivity index (χ0v) is 21.8. The summed E-state index contributed by atoms with van der Waals surface area (Å²) in [7, 11) is 4.49. The van der Waals surface area contributed by atoms with E-state index in [9.17, 15) is 9.59 Å². The summed E-state index contributed by atoms with van der Waals surface area (Å²) in [5.41, 5.74) is -0.211. The molecule has 3 rings (SSSR count). The van der Waals surface area contributed by atoms with Crippen molar-refractivity contribution in [3.63, 3.8) is 0 Å². The maximum Gasteiger partial charge on any atom is 0.263 e. The van der Waals surface area contributed by atoms with Crippen LogP contribution in [0.3, 0.4) is 0 Å². The molecule has 12 heteroatoms. The number of methoxy groups -OCH3 is 3. The molecule has 0 bridgehead atoms. The number of hydrogen-bond donors (Lipinski definition) is 0. The lowest BCUT2D eigenvalue weighted by Crippen LogP contribution is -2.62. The van der Waals surface area contributed by atoms with Crippen molar-refractivity contribution in [1.82, 2.24) is 4.90 Å². The molecule has 8 nitrogen and oxygen atoms in total. The van der Waals surface area contributed by atoms with Gasteiger partial charge in [-0.2, -0.15) is 0 Å². The zero-order valence-electron chi connectivity index (χ0n) is 18.8. The molecule has 0 saturated carbocycles. The van der Waals surface area contributed by atoms with Crippen LogP contribution in [-0.2, 0) is 23.7 Å². The van der Waals surface area contributed by atoms with Crippen molar-refractivity contribution in [2.24, 2.45) is 0 Å². The van der Waals surface area contributed by atoms with Gasteiger partial charge in [0, 0.05) is 21.3 Å². The van der Waals surface area contributed by atoms with Crippen LogP contribution < -0.4 is 0 Å². The van der Waals surface area contributed by atoms with Crippen LogP contribution in [0, 0.1) is 0 Å². The Morgan fingerprint density at radius 2 is 1.41 bits per heavy atom. The topological polar surface area (TPSA) is 83.5 Å². The number of amides is 2. The average Bonchev–Trinajstić information content (AvgIpc) is 3.08. The van der Waals surface area contributed by atoms with Crippen molar-refractivity contribution >= 4 is 58.2 Å². The van der Waals surface area contributed by atoms with Crippen LogP contribution in [0.1, 0.15) is 33.6 Å². The van der Waals surface area contributed by atoms with Crippen molar-refractivity contribution < 1.29 is 33.3 Å². The van der Waals surface area contributed by atoms with Crippen LogP contribution >= 0.6 is 46.4 Å². The Kier molecular flexibility index (Phi) is 9.65. The average molecular weight is 557 g/mol. The molecule has 188 valence electrons. The molecule has 5 atom stereocenters. The predicted molar refractivity (Wildman–Crippen MR) is 128 cm³/mol. The Bertz CT molecular complexity index is 913. The first-order valence-corrected chi connectivity index (χ1v) is 11.9. The number of imide groups is 1. The van der Waals surface area contributed by atoms with E-state index in [4.69, 9.17) is 70.1 Å². The molecule has 2 aliphatic heterocycles. The van der Waals surface area contributed by atoms with Crippen molar-refractivity contribution in [1.29, 1.82) is 0 Å². The Morgan fingerprint density at radius 3 is 1.88 bits per heavy atom. The van der Waals surface area contributed by atoms with Gasteiger partial charge in [-0.3, -0.25) is 14.5 Å². The number of benzene rings is 1. The van der Waals surface area contributed by atoms with E-state index in [-0.39, 0.29) is 37.8 Å². The fourth-order valence-corrected chi connectivity index (χ4v) is 5.14. The second-order valence-corrected chi connectivity index (χ2v) is 9.18. The standard InChI is InChI=1S/C22H25Cl4NO7/c1-5-6-7-8-33-22-19(32-4)18(31-3)17(30-2)10(34-22)9-27-20(28)11-12(21(27)29)14(24)16(26)15(25)13(11)23/h5,10,17-19,22H,1,6-9H2,2-4H3/t10-,17-,18+,19-,22+/m1/s1. The van der Waals surface area contributed by atoms with E-state index >= 15 is 0 Å². The summed E-state index contributed by atoms with van der Waals surface area (Å²) < 4.78 is 28.9. The quantitative estimate of drug-likeness (QED) is 0.136. The van der Waals surface area contributed by atoms with Crippen molar-refractivity contribution in [2.45, 2.75) is 43.5 Å². The summed E-state index contributed by atoms with van der Waals surface area (Å²) in [6.45, 7) is 3.89. The fraction of sp³-hybridized carbons (Fsp3) is 0.545. The van der Waals surface area contributed by atoms with Gasteiger partial charge in [-0.05, 0) is 12.8 Å². The number of rotatable bonds is 10. The maximum atomic E-state index is 13.2. The van der Waals surface area contributed by atoms with Gasteiger partial charge in [0.1, 0.15) is 24.4 Å². The van der Waals surface area contributed by atoms with E-state index in [0.717, 1.165) is 17.7 Å². The third-order valence-electron chi connectivity index (χ3n) is 5.79. The molecule has 1 aromatic carbocycles. The van der Waals surface area contributed by atoms with Crippen LogP contribution in [0.4, 0.5) is 0 Å². The number of fused-ring (bicyclic) bond motifs is 1. The van der Waals surface area contributed by atoms with Gasteiger partial charge < -0.3 is 23.7 Å². The molecule has 0 unspecified atom stereocenters. The minimum absolute atomic E-state index is 0.103. The molecule has 34 heavy (non-hydrogen) atoms. The summed E-state index contributed by atoms with van der Waals surface area (Å²) in [4.78, 5) is 27.3. The second kappa shape index (κ2) is 11.9. The highest BCUT2D eigenvalue weighted by Gasteiger charge is 2.50. The number of hydrogen-bond acceptors (Lipinski definition) is 7. The van der Waals surface area contributed by atoms with Gasteiger partial charge >= 0.3 is 0 Å². The van der Waals surface area contributed by atoms with E-state index in [2.05, 4.69) is 6.58 Å². The molecule has 1 saturated heterocycles. The molecular weight excluding hydrogens is 532 g/mol. The first-order chi connectivity index (χ1) is 16.2. The number of nitrogens with zero attached hydrogens (tertiary/aromatic N) is 1. The van der Waals surface area contributed by atoms with E-state index in [1.54, 1.807) is 6.08 Å². The molecular formula is C22H25Cl4NO7. The van der Waals surface area contributed by atoms with Crippen LogP contribution in [0.2, 0.25) is 20.1 Å². The summed E-state index contributed by atoms with van der Waals surface area (Å²) >= 11 is 24.7. The van der Waals surface area contributed by atoms with Crippen LogP contribution in [0.25, 0.3) is 0 Å². The van der Waals surface area contributed by atoms with Crippen molar-refractivity contribution in [3.05, 3.63) is 43.9 Å². The molecule has 0 aliphatic carbocycles. The number of carbonyl (C=O) groups excluding carboxylic acids is 2. The number of halogens is 4. The van der Waals surface area contributed by atoms with Gasteiger partial charge in [0.2, 0.25) is 0 Å². The summed E-state index contributed by atoms with van der Waals surface area (Å²) in [5, 5.41) is -0.488. The third-order valence-corrected chi connectivity index (χ3v) is 7.59. The summed E-state index contributed by atoms with van der Waals surface area (Å²) in [5.74, 6) is -1.34. The highest BCUT2D eigenvalue weighted by molar-refractivity contribution is 6.55. The zero-order chi connectivity index (χ0) is 25.2. The number of carbonyl (C=O) groups is 2. The molecule has 2 aliphatic rings. The molecule has 0 N–H and O–H groups in total. The Morgan fingerprint density at radius 1 is 0.882 bits per heavy atom. The molecule has 1 fully saturated rings. The Hall–Kier alpha value is -0.940. The maximum absolute atomic E-state index is 13.2. The van der Waals surface area contributed by atoms with Crippen LogP contribution in [0.15, 0.2) is 12.7 Å². The largest absolute Gasteiger partial charge is 0.376 e. The Labute approximate surface area is 217 Å². The molecule has 0 spiro atoms. The molecule has 1 aromatic rings. The highest BCUT2D eigenvalue weighted by Crippen LogP contribution is 2.45. The number of allylic oxidation sites excluding steroid dienone is 1. The lowest BCUT2D eigenvalue weighted by atomic mass is 9.97. The third kappa shape index (κ3) is 4.98. The van der Waals surface area contributed by atoms with Crippen molar-refractivity contribution in [3.8, 4) is 0 Å². The molecule has 2 amide bonds. The monoisotopic (exact) mass is 555 g/mol. The SMILES string of the molecule is C=CCCCO[C@H]1O[C@H](CN2C(=O)c3c(Cl)c(Cl)c(Cl)c(Cl)c3C2=O)[C@@H](OC)[C@H](OC)[C@H]1OC. The van der Waals surface area contributed by atoms with Gasteiger partial charge in [-0.15, -0.1) is 6.58 Å². The lowest BCUT2D eigenvalue weighted by Gasteiger charge is -2.45. The number of unbranched alkanes of at least 4 members (excludes halogenated alkanes) is 1. The first kappa shape index (κ1) is 27.6. The molecule has 2 heterocycles.